The van der Waals surface area contributed by atoms with Crippen molar-refractivity contribution >= 4 is 22.1 Å². The molecule has 2 aromatic carbocycles. The van der Waals surface area contributed by atoms with Crippen LogP contribution in [0.1, 0.15) is 51.2 Å². The van der Waals surface area contributed by atoms with Crippen LogP contribution in [0.2, 0.25) is 0 Å². The summed E-state index contributed by atoms with van der Waals surface area (Å²) in [5, 5.41) is 0. The smallest absolute Gasteiger partial charge is 0.136 e. The molecule has 0 atom stereocenters. The molecule has 152 valence electrons. The Hall–Kier alpha value is -2.66. The van der Waals surface area contributed by atoms with Crippen molar-refractivity contribution < 1.29 is 4.74 Å². The molecule has 0 saturated carbocycles. The van der Waals surface area contributed by atoms with E-state index in [1.54, 1.807) is 0 Å². The Morgan fingerprint density at radius 2 is 1.14 bits per heavy atom. The van der Waals surface area contributed by atoms with Crippen molar-refractivity contribution in [1.82, 2.24) is 19.1 Å². The highest BCUT2D eigenvalue weighted by Crippen LogP contribution is 2.20. The molecule has 5 heteroatoms. The first kappa shape index (κ1) is 19.6. The Kier molecular flexibility index (Phi) is 6.25. The molecule has 0 fully saturated rings. The van der Waals surface area contributed by atoms with Gasteiger partial charge in [0.05, 0.1) is 22.1 Å². The van der Waals surface area contributed by atoms with Crippen LogP contribution in [0.3, 0.4) is 0 Å². The zero-order chi connectivity index (χ0) is 20.1. The van der Waals surface area contributed by atoms with Crippen LogP contribution in [0, 0.1) is 0 Å². The second-order valence-electron chi connectivity index (χ2n) is 7.54. The number of aromatic nitrogens is 4. The summed E-state index contributed by atoms with van der Waals surface area (Å²) in [5.41, 5.74) is 4.46. The van der Waals surface area contributed by atoms with Crippen molar-refractivity contribution in [3.63, 3.8) is 0 Å². The van der Waals surface area contributed by atoms with Gasteiger partial charge in [-0.3, -0.25) is 0 Å². The van der Waals surface area contributed by atoms with Gasteiger partial charge in [-0.25, -0.2) is 9.97 Å². The molecule has 0 radical (unpaired) electrons. The van der Waals surface area contributed by atoms with Crippen LogP contribution in [0.15, 0.2) is 48.5 Å². The molecule has 0 unspecified atom stereocenters. The van der Waals surface area contributed by atoms with E-state index in [-0.39, 0.29) is 0 Å². The third kappa shape index (κ3) is 4.20. The van der Waals surface area contributed by atoms with Crippen molar-refractivity contribution in [3.8, 4) is 0 Å². The van der Waals surface area contributed by atoms with Gasteiger partial charge in [0.15, 0.2) is 0 Å². The summed E-state index contributed by atoms with van der Waals surface area (Å²) >= 11 is 0. The number of hydrogen-bond acceptors (Lipinski definition) is 3. The molecule has 0 N–H and O–H groups in total. The van der Waals surface area contributed by atoms with Gasteiger partial charge in [0.2, 0.25) is 0 Å². The van der Waals surface area contributed by atoms with Crippen molar-refractivity contribution in [3.05, 3.63) is 60.2 Å². The highest BCUT2D eigenvalue weighted by molar-refractivity contribution is 5.76. The number of unbranched alkanes of at least 4 members (excludes halogenated alkanes) is 2. The molecule has 4 rings (SSSR count). The predicted molar refractivity (Wildman–Crippen MR) is 118 cm³/mol. The van der Waals surface area contributed by atoms with E-state index in [1.165, 1.54) is 11.0 Å². The number of ether oxygens (including phenoxy) is 1. The number of fused-ring (bicyclic) bond motifs is 2. The highest BCUT2D eigenvalue weighted by atomic mass is 16.5. The van der Waals surface area contributed by atoms with E-state index in [9.17, 15) is 0 Å². The number of imidazole rings is 2. The fraction of sp³-hybridized carbons (Fsp3) is 0.417. The Labute approximate surface area is 172 Å². The van der Waals surface area contributed by atoms with E-state index < -0.39 is 0 Å². The Morgan fingerprint density at radius 1 is 0.690 bits per heavy atom. The summed E-state index contributed by atoms with van der Waals surface area (Å²) in [5.74, 6) is 1.99. The maximum atomic E-state index is 6.14. The fourth-order valence-corrected chi connectivity index (χ4v) is 3.84. The lowest BCUT2D eigenvalue weighted by atomic mass is 10.3. The third-order valence-electron chi connectivity index (χ3n) is 5.40. The van der Waals surface area contributed by atoms with Crippen LogP contribution in [-0.4, -0.2) is 19.1 Å². The van der Waals surface area contributed by atoms with Crippen molar-refractivity contribution in [2.45, 2.75) is 65.8 Å². The summed E-state index contributed by atoms with van der Waals surface area (Å²) in [6, 6.07) is 16.7. The van der Waals surface area contributed by atoms with E-state index in [0.717, 1.165) is 61.5 Å². The van der Waals surface area contributed by atoms with Crippen LogP contribution >= 0.6 is 0 Å². The molecule has 0 saturated heterocycles. The number of nitrogens with zero attached hydrogens (tertiary/aromatic N) is 4. The minimum absolute atomic E-state index is 0.495. The maximum absolute atomic E-state index is 6.14. The average Bonchev–Trinajstić information content (AvgIpc) is 3.28. The number of para-hydroxylation sites is 4. The first-order valence-corrected chi connectivity index (χ1v) is 10.8. The van der Waals surface area contributed by atoms with Crippen molar-refractivity contribution in [2.24, 2.45) is 0 Å². The molecule has 29 heavy (non-hydrogen) atoms. The lowest BCUT2D eigenvalue weighted by molar-refractivity contribution is 0.0924. The largest absolute Gasteiger partial charge is 0.366 e. The van der Waals surface area contributed by atoms with Gasteiger partial charge in [-0.05, 0) is 37.1 Å². The van der Waals surface area contributed by atoms with E-state index >= 15 is 0 Å². The monoisotopic (exact) mass is 390 g/mol. The van der Waals surface area contributed by atoms with Gasteiger partial charge >= 0.3 is 0 Å². The Morgan fingerprint density at radius 3 is 1.59 bits per heavy atom. The lowest BCUT2D eigenvalue weighted by Gasteiger charge is -2.11. The van der Waals surface area contributed by atoms with Gasteiger partial charge in [-0.2, -0.15) is 0 Å². The fourth-order valence-electron chi connectivity index (χ4n) is 3.84. The van der Waals surface area contributed by atoms with E-state index in [2.05, 4.69) is 59.4 Å². The summed E-state index contributed by atoms with van der Waals surface area (Å²) in [7, 11) is 0. The first-order valence-electron chi connectivity index (χ1n) is 10.8. The summed E-state index contributed by atoms with van der Waals surface area (Å²) in [6.45, 7) is 7.38. The van der Waals surface area contributed by atoms with Crippen LogP contribution in [-0.2, 0) is 31.0 Å². The van der Waals surface area contributed by atoms with Crippen LogP contribution in [0.4, 0.5) is 0 Å². The van der Waals surface area contributed by atoms with Crippen molar-refractivity contribution in [2.75, 3.05) is 0 Å². The molecular weight excluding hydrogens is 360 g/mol. The van der Waals surface area contributed by atoms with E-state index in [0.29, 0.717) is 13.2 Å². The lowest BCUT2D eigenvalue weighted by Crippen LogP contribution is -2.09. The molecule has 0 spiro atoms. The summed E-state index contributed by atoms with van der Waals surface area (Å²) in [4.78, 5) is 9.64. The summed E-state index contributed by atoms with van der Waals surface area (Å²) in [6.07, 6.45) is 4.60. The Bertz CT molecular complexity index is 993. The topological polar surface area (TPSA) is 44.9 Å². The molecule has 0 amide bonds. The average molecular weight is 391 g/mol. The molecule has 2 aromatic heterocycles. The zero-order valence-corrected chi connectivity index (χ0v) is 17.5. The molecule has 4 aromatic rings. The van der Waals surface area contributed by atoms with Gasteiger partial charge in [0.1, 0.15) is 24.9 Å². The van der Waals surface area contributed by atoms with Gasteiger partial charge in [-0.1, -0.05) is 51.0 Å². The minimum Gasteiger partial charge on any atom is -0.366 e. The normalized spacial score (nSPS) is 11.7. The Balaban J connectivity index is 1.53. The van der Waals surface area contributed by atoms with Crippen LogP contribution in [0.5, 0.6) is 0 Å². The standard InChI is InChI=1S/C24H30N4O/c1-3-5-15-27-21-13-9-7-11-19(21)25-23(27)17-29-18-24-26-20-12-8-10-14-22(20)28(24)16-6-4-2/h7-14H,3-6,15-18H2,1-2H3. The van der Waals surface area contributed by atoms with Crippen molar-refractivity contribution in [1.29, 1.82) is 0 Å². The minimum atomic E-state index is 0.495. The SMILES string of the molecule is CCCCn1c(COCc2nc3ccccc3n2CCCC)nc2ccccc21. The number of rotatable bonds is 10. The molecule has 0 bridgehead atoms. The van der Waals surface area contributed by atoms with Gasteiger partial charge in [0, 0.05) is 13.1 Å². The first-order chi connectivity index (χ1) is 14.3. The van der Waals surface area contributed by atoms with Crippen LogP contribution in [0.25, 0.3) is 22.1 Å². The molecule has 5 nitrogen and oxygen atoms in total. The summed E-state index contributed by atoms with van der Waals surface area (Å²) < 4.78 is 10.7. The highest BCUT2D eigenvalue weighted by Gasteiger charge is 2.13. The second-order valence-corrected chi connectivity index (χ2v) is 7.54. The second kappa shape index (κ2) is 9.23. The van der Waals surface area contributed by atoms with Gasteiger partial charge in [-0.15, -0.1) is 0 Å². The van der Waals surface area contributed by atoms with E-state index in [1.807, 2.05) is 12.1 Å². The molecule has 2 heterocycles. The number of aryl methyl sites for hydroxylation is 2. The molecular formula is C24H30N4O. The predicted octanol–water partition coefficient (Wildman–Crippen LogP) is 5.70. The molecule has 0 aliphatic carbocycles. The quantitative estimate of drug-likeness (QED) is 0.349. The van der Waals surface area contributed by atoms with Crippen LogP contribution < -0.4 is 0 Å². The molecule has 0 aliphatic heterocycles. The van der Waals surface area contributed by atoms with Gasteiger partial charge in [0.25, 0.3) is 0 Å². The number of hydrogen-bond donors (Lipinski definition) is 0. The number of benzene rings is 2. The van der Waals surface area contributed by atoms with E-state index in [4.69, 9.17) is 14.7 Å². The van der Waals surface area contributed by atoms with Gasteiger partial charge < -0.3 is 13.9 Å². The third-order valence-corrected chi connectivity index (χ3v) is 5.40. The molecule has 0 aliphatic rings. The zero-order valence-electron chi connectivity index (χ0n) is 17.5. The maximum Gasteiger partial charge on any atom is 0.136 e.